The van der Waals surface area contributed by atoms with Gasteiger partial charge in [0, 0.05) is 17.0 Å². The monoisotopic (exact) mass is 348 g/mol. The van der Waals surface area contributed by atoms with Gasteiger partial charge in [-0.15, -0.1) is 11.8 Å². The number of hydrogen-bond acceptors (Lipinski definition) is 4. The number of benzene rings is 2. The Kier molecular flexibility index (Phi) is 4.32. The molecule has 3 rings (SSSR count). The van der Waals surface area contributed by atoms with E-state index in [-0.39, 0.29) is 10.8 Å². The zero-order chi connectivity index (χ0) is 16.4. The van der Waals surface area contributed by atoms with E-state index in [9.17, 15) is 13.2 Å². The lowest BCUT2D eigenvalue weighted by Crippen LogP contribution is -2.19. The summed E-state index contributed by atoms with van der Waals surface area (Å²) >= 11 is 1.55. The van der Waals surface area contributed by atoms with Crippen LogP contribution in [0.4, 0.5) is 11.4 Å². The van der Waals surface area contributed by atoms with E-state index in [1.54, 1.807) is 48.2 Å². The third-order valence-corrected chi connectivity index (χ3v) is 5.77. The summed E-state index contributed by atoms with van der Waals surface area (Å²) in [5.41, 5.74) is 2.11. The Bertz CT molecular complexity index is 846. The molecule has 5 nitrogen and oxygen atoms in total. The van der Waals surface area contributed by atoms with E-state index in [0.717, 1.165) is 10.5 Å². The van der Waals surface area contributed by atoms with Crippen molar-refractivity contribution in [1.29, 1.82) is 0 Å². The van der Waals surface area contributed by atoms with Crippen LogP contribution in [-0.4, -0.2) is 20.6 Å². The molecule has 0 saturated carbocycles. The van der Waals surface area contributed by atoms with Crippen LogP contribution in [0.2, 0.25) is 0 Å². The van der Waals surface area contributed by atoms with Crippen molar-refractivity contribution < 1.29 is 13.2 Å². The Morgan fingerprint density at radius 3 is 2.52 bits per heavy atom. The summed E-state index contributed by atoms with van der Waals surface area (Å²) < 4.78 is 27.4. The maximum atomic E-state index is 12.4. The van der Waals surface area contributed by atoms with Crippen LogP contribution in [0, 0.1) is 0 Å². The Hall–Kier alpha value is -1.99. The second-order valence-electron chi connectivity index (χ2n) is 5.20. The number of carbonyl (C=O) groups is 1. The smallest absolute Gasteiger partial charge is 0.261 e. The Morgan fingerprint density at radius 1 is 1.09 bits per heavy atom. The first-order valence-electron chi connectivity index (χ1n) is 7.07. The summed E-state index contributed by atoms with van der Waals surface area (Å²) in [4.78, 5) is 12.7. The number of sulfonamides is 1. The maximum absolute atomic E-state index is 12.4. The highest BCUT2D eigenvalue weighted by atomic mass is 32.2. The second-order valence-corrected chi connectivity index (χ2v) is 7.76. The van der Waals surface area contributed by atoms with Crippen LogP contribution >= 0.6 is 11.8 Å². The lowest BCUT2D eigenvalue weighted by molar-refractivity contribution is -0.116. The van der Waals surface area contributed by atoms with Crippen LogP contribution in [0.25, 0.3) is 0 Å². The third kappa shape index (κ3) is 3.51. The number of aryl methyl sites for hydroxylation is 1. The molecule has 0 bridgehead atoms. The van der Waals surface area contributed by atoms with Crippen molar-refractivity contribution in [2.45, 2.75) is 22.6 Å². The Balaban J connectivity index is 1.85. The van der Waals surface area contributed by atoms with Gasteiger partial charge in [0.05, 0.1) is 10.6 Å². The maximum Gasteiger partial charge on any atom is 0.261 e. The van der Waals surface area contributed by atoms with Gasteiger partial charge < -0.3 is 5.32 Å². The van der Waals surface area contributed by atoms with E-state index in [1.165, 1.54) is 0 Å². The van der Waals surface area contributed by atoms with Crippen molar-refractivity contribution in [3.05, 3.63) is 48.0 Å². The molecule has 0 aromatic heterocycles. The van der Waals surface area contributed by atoms with Gasteiger partial charge in [0.1, 0.15) is 0 Å². The number of anilines is 2. The fraction of sp³-hybridized carbons (Fsp3) is 0.188. The number of thioether (sulfide) groups is 1. The van der Waals surface area contributed by atoms with Crippen molar-refractivity contribution in [3.8, 4) is 0 Å². The molecule has 1 heterocycles. The highest BCUT2D eigenvalue weighted by Crippen LogP contribution is 2.27. The van der Waals surface area contributed by atoms with Gasteiger partial charge in [0.2, 0.25) is 5.91 Å². The zero-order valence-corrected chi connectivity index (χ0v) is 14.1. The van der Waals surface area contributed by atoms with Crippen LogP contribution < -0.4 is 10.0 Å². The van der Waals surface area contributed by atoms with Crippen LogP contribution in [0.1, 0.15) is 12.0 Å². The second kappa shape index (κ2) is 6.25. The van der Waals surface area contributed by atoms with Gasteiger partial charge in [-0.3, -0.25) is 9.52 Å². The minimum Gasteiger partial charge on any atom is -0.326 e. The van der Waals surface area contributed by atoms with Crippen molar-refractivity contribution in [2.24, 2.45) is 0 Å². The van der Waals surface area contributed by atoms with Gasteiger partial charge in [0.15, 0.2) is 0 Å². The standard InChI is InChI=1S/C16H16N2O3S2/c1-22-13-5-7-14(8-6-13)23(20,21)18-12-4-2-11-3-9-16(19)17-15(11)10-12/h2,4-8,10,18H,3,9H2,1H3,(H,17,19). The van der Waals surface area contributed by atoms with Gasteiger partial charge in [-0.25, -0.2) is 8.42 Å². The SMILES string of the molecule is CSc1ccc(S(=O)(=O)Nc2ccc3c(c2)NC(=O)CC3)cc1. The van der Waals surface area contributed by atoms with Crippen LogP contribution in [0.5, 0.6) is 0 Å². The highest BCUT2D eigenvalue weighted by Gasteiger charge is 2.18. The molecule has 0 aliphatic carbocycles. The topological polar surface area (TPSA) is 75.3 Å². The largest absolute Gasteiger partial charge is 0.326 e. The van der Waals surface area contributed by atoms with Gasteiger partial charge in [-0.05, 0) is 54.6 Å². The molecular formula is C16H16N2O3S2. The molecule has 0 atom stereocenters. The molecule has 1 amide bonds. The van der Waals surface area contributed by atoms with Crippen LogP contribution in [-0.2, 0) is 21.2 Å². The number of rotatable bonds is 4. The summed E-state index contributed by atoms with van der Waals surface area (Å²) in [6.07, 6.45) is 3.06. The fourth-order valence-corrected chi connectivity index (χ4v) is 3.86. The fourth-order valence-electron chi connectivity index (χ4n) is 2.40. The van der Waals surface area contributed by atoms with E-state index in [0.29, 0.717) is 24.2 Å². The first-order valence-corrected chi connectivity index (χ1v) is 9.78. The van der Waals surface area contributed by atoms with Crippen molar-refractivity contribution in [1.82, 2.24) is 0 Å². The quantitative estimate of drug-likeness (QED) is 0.833. The van der Waals surface area contributed by atoms with E-state index < -0.39 is 10.0 Å². The van der Waals surface area contributed by atoms with Crippen LogP contribution in [0.3, 0.4) is 0 Å². The lowest BCUT2D eigenvalue weighted by Gasteiger charge is -2.18. The van der Waals surface area contributed by atoms with Gasteiger partial charge >= 0.3 is 0 Å². The van der Waals surface area contributed by atoms with E-state index >= 15 is 0 Å². The summed E-state index contributed by atoms with van der Waals surface area (Å²) in [5.74, 6) is -0.0508. The Labute approximate surface area is 139 Å². The molecule has 2 N–H and O–H groups in total. The molecule has 0 fully saturated rings. The highest BCUT2D eigenvalue weighted by molar-refractivity contribution is 7.98. The first kappa shape index (κ1) is 15.9. The minimum absolute atomic E-state index is 0.0508. The molecule has 23 heavy (non-hydrogen) atoms. The zero-order valence-electron chi connectivity index (χ0n) is 12.5. The summed E-state index contributed by atoms with van der Waals surface area (Å²) in [6, 6.07) is 11.9. The summed E-state index contributed by atoms with van der Waals surface area (Å²) in [7, 11) is -3.65. The number of carbonyl (C=O) groups excluding carboxylic acids is 1. The normalized spacial score (nSPS) is 14.0. The molecule has 120 valence electrons. The van der Waals surface area contributed by atoms with E-state index in [1.807, 2.05) is 12.3 Å². The van der Waals surface area contributed by atoms with Gasteiger partial charge in [-0.1, -0.05) is 6.07 Å². The summed E-state index contributed by atoms with van der Waals surface area (Å²) in [6.45, 7) is 0. The molecule has 7 heteroatoms. The third-order valence-electron chi connectivity index (χ3n) is 3.63. The molecule has 2 aromatic rings. The molecule has 0 radical (unpaired) electrons. The number of fused-ring (bicyclic) bond motifs is 1. The van der Waals surface area contributed by atoms with Gasteiger partial charge in [0.25, 0.3) is 10.0 Å². The molecule has 0 spiro atoms. The molecular weight excluding hydrogens is 332 g/mol. The number of amides is 1. The molecule has 0 saturated heterocycles. The number of nitrogens with one attached hydrogen (secondary N) is 2. The molecule has 1 aliphatic heterocycles. The van der Waals surface area contributed by atoms with Gasteiger partial charge in [-0.2, -0.15) is 0 Å². The molecule has 1 aliphatic rings. The van der Waals surface area contributed by atoms with E-state index in [2.05, 4.69) is 10.0 Å². The average Bonchev–Trinajstić information content (AvgIpc) is 2.54. The predicted octanol–water partition coefficient (Wildman–Crippen LogP) is 3.09. The average molecular weight is 348 g/mol. The lowest BCUT2D eigenvalue weighted by atomic mass is 10.0. The van der Waals surface area contributed by atoms with Crippen molar-refractivity contribution >= 4 is 39.1 Å². The summed E-state index contributed by atoms with van der Waals surface area (Å²) in [5, 5.41) is 2.76. The van der Waals surface area contributed by atoms with E-state index in [4.69, 9.17) is 0 Å². The van der Waals surface area contributed by atoms with Crippen molar-refractivity contribution in [2.75, 3.05) is 16.3 Å². The molecule has 0 unspecified atom stereocenters. The Morgan fingerprint density at radius 2 is 1.83 bits per heavy atom. The van der Waals surface area contributed by atoms with Crippen LogP contribution in [0.15, 0.2) is 52.3 Å². The van der Waals surface area contributed by atoms with Crippen molar-refractivity contribution in [3.63, 3.8) is 0 Å². The predicted molar refractivity (Wildman–Crippen MR) is 92.4 cm³/mol. The minimum atomic E-state index is -3.65. The number of hydrogen-bond donors (Lipinski definition) is 2. The first-order chi connectivity index (χ1) is 11.0. The molecule has 2 aromatic carbocycles.